The van der Waals surface area contributed by atoms with Crippen molar-refractivity contribution in [1.82, 2.24) is 25.1 Å². The van der Waals surface area contributed by atoms with Gasteiger partial charge in [-0.2, -0.15) is 31.1 Å². The molecule has 2 aliphatic rings. The molecule has 6 rings (SSSR count). The number of aromatic nitrogens is 4. The van der Waals surface area contributed by atoms with Crippen LogP contribution in [0.2, 0.25) is 0 Å². The maximum absolute atomic E-state index is 13.6. The van der Waals surface area contributed by atoms with Crippen LogP contribution in [0, 0.1) is 0 Å². The zero-order valence-electron chi connectivity index (χ0n) is 24.0. The van der Waals surface area contributed by atoms with Crippen molar-refractivity contribution in [2.24, 2.45) is 0 Å². The summed E-state index contributed by atoms with van der Waals surface area (Å²) in [5.41, 5.74) is -1.90. The largest absolute Gasteiger partial charge is 0.416 e. The summed E-state index contributed by atoms with van der Waals surface area (Å²) in [6.07, 6.45) is -8.98. The number of halogens is 7. The number of rotatable bonds is 9. The zero-order valence-corrected chi connectivity index (χ0v) is 24.0. The lowest BCUT2D eigenvalue weighted by Crippen LogP contribution is -2.56. The van der Waals surface area contributed by atoms with Gasteiger partial charge >= 0.3 is 12.4 Å². The van der Waals surface area contributed by atoms with Crippen LogP contribution in [0.25, 0.3) is 0 Å². The summed E-state index contributed by atoms with van der Waals surface area (Å²) in [5.74, 6) is 0.221. The van der Waals surface area contributed by atoms with E-state index in [1.54, 1.807) is 0 Å². The lowest BCUT2D eigenvalue weighted by Gasteiger charge is -2.50. The molecule has 6 nitrogen and oxygen atoms in total. The first-order valence-corrected chi connectivity index (χ1v) is 14.6. The first-order valence-electron chi connectivity index (χ1n) is 14.6. The van der Waals surface area contributed by atoms with E-state index in [2.05, 4.69) is 20.3 Å². The molecular formula is C32H30F7N5O. The van der Waals surface area contributed by atoms with Gasteiger partial charge in [-0.3, -0.25) is 4.90 Å². The molecule has 0 saturated carbocycles. The van der Waals surface area contributed by atoms with Crippen LogP contribution in [0.3, 0.4) is 0 Å². The minimum Gasteiger partial charge on any atom is -0.371 e. The van der Waals surface area contributed by atoms with Gasteiger partial charge in [0.2, 0.25) is 0 Å². The topological polar surface area (TPSA) is 56.1 Å². The minimum atomic E-state index is -4.96. The van der Waals surface area contributed by atoms with Crippen molar-refractivity contribution in [3.05, 3.63) is 113 Å². The standard InChI is InChI=1S/C32H30F7N5O/c33-13-14-44-41-29(40-42-44)26-18-30(23-9-5-2-6-10-23)28(12-11-27(26)43(30)19-21-7-3-1-4-8-21)45-20-22-15-24(31(34,35)36)17-25(16-22)32(37,38)39/h1-10,15-17,26-28H,11-14,18-20H2. The molecule has 45 heavy (non-hydrogen) atoms. The molecule has 1 aromatic heterocycles. The second-order valence-corrected chi connectivity index (χ2v) is 11.5. The van der Waals surface area contributed by atoms with Gasteiger partial charge in [-0.05, 0) is 59.4 Å². The summed E-state index contributed by atoms with van der Waals surface area (Å²) in [4.78, 5) is 3.52. The van der Waals surface area contributed by atoms with Crippen LogP contribution in [0.15, 0.2) is 78.9 Å². The summed E-state index contributed by atoms with van der Waals surface area (Å²) in [6, 6.07) is 20.8. The fourth-order valence-corrected chi connectivity index (χ4v) is 6.93. The van der Waals surface area contributed by atoms with Gasteiger partial charge in [0.15, 0.2) is 5.82 Å². The van der Waals surface area contributed by atoms with Crippen molar-refractivity contribution in [2.75, 3.05) is 6.67 Å². The molecule has 3 aromatic carbocycles. The van der Waals surface area contributed by atoms with E-state index in [1.807, 2.05) is 60.7 Å². The number of piperidine rings is 1. The maximum Gasteiger partial charge on any atom is 0.416 e. The average molecular weight is 634 g/mol. The van der Waals surface area contributed by atoms with Gasteiger partial charge in [0, 0.05) is 18.5 Å². The predicted molar refractivity (Wildman–Crippen MR) is 149 cm³/mol. The van der Waals surface area contributed by atoms with Crippen molar-refractivity contribution in [2.45, 2.75) is 74.9 Å². The van der Waals surface area contributed by atoms with Crippen molar-refractivity contribution in [3.63, 3.8) is 0 Å². The number of benzene rings is 3. The molecule has 2 aliphatic heterocycles. The Balaban J connectivity index is 1.41. The Morgan fingerprint density at radius 2 is 1.47 bits per heavy atom. The molecule has 238 valence electrons. The SMILES string of the molecule is FCCn1nnc(C2CC3(c4ccccc4)C(OCc4cc(C(F)(F)F)cc(C(F)(F)F)c4)CCC2N3Cc2ccccc2)n1. The van der Waals surface area contributed by atoms with E-state index < -0.39 is 48.4 Å². The first kappa shape index (κ1) is 31.2. The number of nitrogens with zero attached hydrogens (tertiary/aromatic N) is 5. The Hall–Kier alpha value is -3.84. The molecule has 4 aromatic rings. The fraction of sp³-hybridized carbons (Fsp3) is 0.406. The minimum absolute atomic E-state index is 0.0371. The van der Waals surface area contributed by atoms with Crippen molar-refractivity contribution in [3.8, 4) is 0 Å². The Bertz CT molecular complexity index is 1560. The lowest BCUT2D eigenvalue weighted by atomic mass is 9.78. The average Bonchev–Trinajstić information content (AvgIpc) is 3.55. The van der Waals surface area contributed by atoms with E-state index >= 15 is 0 Å². The summed E-state index contributed by atoms with van der Waals surface area (Å²) < 4.78 is 101. The van der Waals surface area contributed by atoms with Crippen LogP contribution in [-0.4, -0.2) is 43.9 Å². The Kier molecular flexibility index (Phi) is 8.42. The van der Waals surface area contributed by atoms with E-state index in [9.17, 15) is 30.7 Å². The van der Waals surface area contributed by atoms with Gasteiger partial charge < -0.3 is 4.74 Å². The molecule has 0 aliphatic carbocycles. The molecule has 2 bridgehead atoms. The summed E-state index contributed by atoms with van der Waals surface area (Å²) in [6.45, 7) is -0.646. The van der Waals surface area contributed by atoms with Gasteiger partial charge in [0.1, 0.15) is 6.67 Å². The third-order valence-corrected chi connectivity index (χ3v) is 8.82. The predicted octanol–water partition coefficient (Wildman–Crippen LogP) is 7.31. The maximum atomic E-state index is 13.6. The second kappa shape index (κ2) is 12.2. The summed E-state index contributed by atoms with van der Waals surface area (Å²) >= 11 is 0. The van der Waals surface area contributed by atoms with Crippen molar-refractivity contribution < 1.29 is 35.5 Å². The second-order valence-electron chi connectivity index (χ2n) is 11.5. The highest BCUT2D eigenvalue weighted by Crippen LogP contribution is 2.57. The smallest absolute Gasteiger partial charge is 0.371 e. The van der Waals surface area contributed by atoms with E-state index in [1.165, 1.54) is 4.80 Å². The lowest BCUT2D eigenvalue weighted by molar-refractivity contribution is -0.143. The van der Waals surface area contributed by atoms with Crippen LogP contribution in [0.5, 0.6) is 0 Å². The van der Waals surface area contributed by atoms with Crippen LogP contribution in [0.4, 0.5) is 30.7 Å². The van der Waals surface area contributed by atoms with Crippen LogP contribution in [-0.2, 0) is 42.3 Å². The molecule has 2 saturated heterocycles. The molecule has 2 fully saturated rings. The highest BCUT2D eigenvalue weighted by Gasteiger charge is 2.60. The zero-order chi connectivity index (χ0) is 31.8. The Labute approximate surface area is 254 Å². The Morgan fingerprint density at radius 3 is 2.09 bits per heavy atom. The number of aryl methyl sites for hydroxylation is 1. The third-order valence-electron chi connectivity index (χ3n) is 8.82. The molecule has 13 heteroatoms. The highest BCUT2D eigenvalue weighted by molar-refractivity contribution is 5.35. The van der Waals surface area contributed by atoms with Crippen LogP contribution < -0.4 is 0 Å². The number of fused-ring (bicyclic) bond motifs is 2. The van der Waals surface area contributed by atoms with Gasteiger partial charge in [0.05, 0.1) is 35.9 Å². The molecule has 0 amide bonds. The molecular weight excluding hydrogens is 603 g/mol. The molecule has 0 spiro atoms. The van der Waals surface area contributed by atoms with Gasteiger partial charge in [-0.25, -0.2) is 4.39 Å². The quantitative estimate of drug-likeness (QED) is 0.181. The van der Waals surface area contributed by atoms with Gasteiger partial charge in [-0.1, -0.05) is 60.7 Å². The fourth-order valence-electron chi connectivity index (χ4n) is 6.93. The normalized spacial score (nSPS) is 23.8. The monoisotopic (exact) mass is 633 g/mol. The number of hydrogen-bond acceptors (Lipinski definition) is 5. The van der Waals surface area contributed by atoms with Gasteiger partial charge in [-0.15, -0.1) is 10.2 Å². The van der Waals surface area contributed by atoms with Crippen molar-refractivity contribution in [1.29, 1.82) is 0 Å². The van der Waals surface area contributed by atoms with E-state index in [0.29, 0.717) is 43.8 Å². The number of ether oxygens (including phenoxy) is 1. The molecule has 4 unspecified atom stereocenters. The molecule has 0 N–H and O–H groups in total. The number of tetrazole rings is 1. The summed E-state index contributed by atoms with van der Waals surface area (Å²) in [7, 11) is 0. The van der Waals surface area contributed by atoms with Gasteiger partial charge in [0.25, 0.3) is 0 Å². The number of hydrogen-bond donors (Lipinski definition) is 0. The first-order chi connectivity index (χ1) is 21.5. The third kappa shape index (κ3) is 6.19. The molecule has 0 radical (unpaired) electrons. The van der Waals surface area contributed by atoms with Crippen molar-refractivity contribution >= 4 is 0 Å². The molecule has 4 atom stereocenters. The van der Waals surface area contributed by atoms with Crippen LogP contribution >= 0.6 is 0 Å². The van der Waals surface area contributed by atoms with Crippen LogP contribution in [0.1, 0.15) is 58.8 Å². The Morgan fingerprint density at radius 1 is 0.822 bits per heavy atom. The van der Waals surface area contributed by atoms with E-state index in [-0.39, 0.29) is 30.1 Å². The molecule has 3 heterocycles. The highest BCUT2D eigenvalue weighted by atomic mass is 19.4. The number of alkyl halides is 7. The van der Waals surface area contributed by atoms with E-state index in [0.717, 1.165) is 11.1 Å². The van der Waals surface area contributed by atoms with E-state index in [4.69, 9.17) is 4.74 Å². The summed E-state index contributed by atoms with van der Waals surface area (Å²) in [5, 5.41) is 12.8.